The second-order valence-electron chi connectivity index (χ2n) is 8.31. The normalized spacial score (nSPS) is 15.6. The number of hydrogen-bond acceptors (Lipinski definition) is 5. The second-order valence-corrected chi connectivity index (χ2v) is 8.31. The number of hydrogen-bond donors (Lipinski definition) is 0. The molecule has 1 unspecified atom stereocenters. The van der Waals surface area contributed by atoms with E-state index in [0.717, 1.165) is 29.7 Å². The number of benzene rings is 3. The Balaban J connectivity index is 1.26. The van der Waals surface area contributed by atoms with Crippen LogP contribution in [0, 0.1) is 0 Å². The molecule has 0 bridgehead atoms. The SMILES string of the molecule is O=C(OCc1ccccc1)N1CCCC(c2nc(-c3ccccc3Oc3ccccc3)co2)C1. The molecular formula is C28H26N2O4. The van der Waals surface area contributed by atoms with Crippen molar-refractivity contribution in [3.05, 3.63) is 103 Å². The van der Waals surface area contributed by atoms with Crippen molar-refractivity contribution < 1.29 is 18.7 Å². The van der Waals surface area contributed by atoms with E-state index in [-0.39, 0.29) is 18.6 Å². The molecule has 6 heteroatoms. The van der Waals surface area contributed by atoms with Crippen LogP contribution in [0.4, 0.5) is 4.79 Å². The van der Waals surface area contributed by atoms with Crippen molar-refractivity contribution in [2.24, 2.45) is 0 Å². The topological polar surface area (TPSA) is 64.8 Å². The van der Waals surface area contributed by atoms with Crippen molar-refractivity contribution in [3.63, 3.8) is 0 Å². The monoisotopic (exact) mass is 454 g/mol. The molecule has 0 radical (unpaired) electrons. The first-order valence-corrected chi connectivity index (χ1v) is 11.5. The summed E-state index contributed by atoms with van der Waals surface area (Å²) in [5, 5.41) is 0. The van der Waals surface area contributed by atoms with Crippen LogP contribution in [0.1, 0.15) is 30.2 Å². The van der Waals surface area contributed by atoms with Gasteiger partial charge in [-0.25, -0.2) is 9.78 Å². The summed E-state index contributed by atoms with van der Waals surface area (Å²) in [6.07, 6.45) is 3.14. The molecule has 34 heavy (non-hydrogen) atoms. The van der Waals surface area contributed by atoms with Crippen LogP contribution in [0.5, 0.6) is 11.5 Å². The summed E-state index contributed by atoms with van der Waals surface area (Å²) < 4.78 is 17.5. The third-order valence-corrected chi connectivity index (χ3v) is 5.89. The second kappa shape index (κ2) is 10.3. The lowest BCUT2D eigenvalue weighted by molar-refractivity contribution is 0.0839. The minimum Gasteiger partial charge on any atom is -0.457 e. The van der Waals surface area contributed by atoms with E-state index < -0.39 is 0 Å². The van der Waals surface area contributed by atoms with Gasteiger partial charge in [0.15, 0.2) is 5.89 Å². The van der Waals surface area contributed by atoms with Crippen LogP contribution >= 0.6 is 0 Å². The number of para-hydroxylation sites is 2. The fraction of sp³-hybridized carbons (Fsp3) is 0.214. The minimum absolute atomic E-state index is 0.0222. The van der Waals surface area contributed by atoms with Crippen molar-refractivity contribution in [2.45, 2.75) is 25.4 Å². The Labute approximate surface area is 198 Å². The molecule has 1 aromatic heterocycles. The number of carbonyl (C=O) groups excluding carboxylic acids is 1. The number of rotatable bonds is 6. The van der Waals surface area contributed by atoms with Gasteiger partial charge in [-0.3, -0.25) is 0 Å². The maximum atomic E-state index is 12.6. The highest BCUT2D eigenvalue weighted by Gasteiger charge is 2.29. The van der Waals surface area contributed by atoms with Crippen molar-refractivity contribution >= 4 is 6.09 Å². The van der Waals surface area contributed by atoms with E-state index in [1.54, 1.807) is 11.2 Å². The lowest BCUT2D eigenvalue weighted by atomic mass is 9.98. The van der Waals surface area contributed by atoms with E-state index in [0.29, 0.717) is 30.4 Å². The molecular weight excluding hydrogens is 428 g/mol. The van der Waals surface area contributed by atoms with Gasteiger partial charge in [0.25, 0.3) is 0 Å². The summed E-state index contributed by atoms with van der Waals surface area (Å²) in [4.78, 5) is 19.1. The van der Waals surface area contributed by atoms with Crippen molar-refractivity contribution in [1.29, 1.82) is 0 Å². The van der Waals surface area contributed by atoms with Crippen LogP contribution < -0.4 is 4.74 Å². The molecule has 0 N–H and O–H groups in total. The minimum atomic E-state index is -0.304. The molecule has 0 aliphatic carbocycles. The first kappa shape index (κ1) is 21.8. The number of aromatic nitrogens is 1. The van der Waals surface area contributed by atoms with Gasteiger partial charge >= 0.3 is 6.09 Å². The molecule has 1 atom stereocenters. The lowest BCUT2D eigenvalue weighted by Gasteiger charge is -2.30. The van der Waals surface area contributed by atoms with Crippen LogP contribution in [-0.2, 0) is 11.3 Å². The Hall–Kier alpha value is -4.06. The number of amides is 1. The van der Waals surface area contributed by atoms with E-state index >= 15 is 0 Å². The van der Waals surface area contributed by atoms with Gasteiger partial charge in [-0.1, -0.05) is 60.7 Å². The van der Waals surface area contributed by atoms with Crippen LogP contribution in [-0.4, -0.2) is 29.1 Å². The average Bonchev–Trinajstić information content (AvgIpc) is 3.39. The van der Waals surface area contributed by atoms with Crippen LogP contribution in [0.25, 0.3) is 11.3 Å². The van der Waals surface area contributed by atoms with E-state index in [1.165, 1.54) is 0 Å². The highest BCUT2D eigenvalue weighted by molar-refractivity contribution is 5.68. The zero-order chi connectivity index (χ0) is 23.2. The number of nitrogens with zero attached hydrogens (tertiary/aromatic N) is 2. The molecule has 1 amide bonds. The van der Waals surface area contributed by atoms with Gasteiger partial charge in [0.1, 0.15) is 30.1 Å². The molecule has 4 aromatic rings. The summed E-state index contributed by atoms with van der Waals surface area (Å²) in [6.45, 7) is 1.46. The molecule has 0 spiro atoms. The zero-order valence-corrected chi connectivity index (χ0v) is 18.8. The highest BCUT2D eigenvalue weighted by Crippen LogP contribution is 2.35. The molecule has 1 aliphatic rings. The number of carbonyl (C=O) groups is 1. The van der Waals surface area contributed by atoms with Crippen LogP contribution in [0.3, 0.4) is 0 Å². The lowest BCUT2D eigenvalue weighted by Crippen LogP contribution is -2.39. The van der Waals surface area contributed by atoms with E-state index in [4.69, 9.17) is 18.9 Å². The zero-order valence-electron chi connectivity index (χ0n) is 18.8. The molecule has 3 aromatic carbocycles. The maximum Gasteiger partial charge on any atom is 0.410 e. The summed E-state index contributed by atoms with van der Waals surface area (Å²) in [6, 6.07) is 27.1. The van der Waals surface area contributed by atoms with E-state index in [1.807, 2.05) is 84.9 Å². The first-order valence-electron chi connectivity index (χ1n) is 11.5. The summed E-state index contributed by atoms with van der Waals surface area (Å²) in [7, 11) is 0. The molecule has 1 fully saturated rings. The van der Waals surface area contributed by atoms with Gasteiger partial charge in [0.2, 0.25) is 0 Å². The van der Waals surface area contributed by atoms with Gasteiger partial charge in [0.05, 0.1) is 5.92 Å². The molecule has 5 rings (SSSR count). The fourth-order valence-corrected chi connectivity index (χ4v) is 4.14. The molecule has 172 valence electrons. The van der Waals surface area contributed by atoms with Gasteiger partial charge in [-0.05, 0) is 42.7 Å². The van der Waals surface area contributed by atoms with Gasteiger partial charge < -0.3 is 18.8 Å². The predicted molar refractivity (Wildman–Crippen MR) is 129 cm³/mol. The third kappa shape index (κ3) is 5.12. The third-order valence-electron chi connectivity index (χ3n) is 5.89. The number of piperidine rings is 1. The highest BCUT2D eigenvalue weighted by atomic mass is 16.6. The van der Waals surface area contributed by atoms with Crippen molar-refractivity contribution in [1.82, 2.24) is 9.88 Å². The Bertz CT molecular complexity index is 1220. The van der Waals surface area contributed by atoms with E-state index in [9.17, 15) is 4.79 Å². The molecule has 0 saturated carbocycles. The van der Waals surface area contributed by atoms with E-state index in [2.05, 4.69) is 0 Å². The first-order chi connectivity index (χ1) is 16.8. The van der Waals surface area contributed by atoms with Gasteiger partial charge in [-0.2, -0.15) is 0 Å². The Kier molecular flexibility index (Phi) is 6.56. The van der Waals surface area contributed by atoms with Gasteiger partial charge in [0, 0.05) is 18.7 Å². The summed E-state index contributed by atoms with van der Waals surface area (Å²) in [5.74, 6) is 2.12. The standard InChI is InChI=1S/C28H26N2O4/c31-28(33-19-21-10-3-1-4-11-21)30-17-9-12-22(18-30)27-29-25(20-32-27)24-15-7-8-16-26(24)34-23-13-5-2-6-14-23/h1-8,10-11,13-16,20,22H,9,12,17-19H2. The molecule has 6 nitrogen and oxygen atoms in total. The number of ether oxygens (including phenoxy) is 2. The van der Waals surface area contributed by atoms with Crippen LogP contribution in [0.2, 0.25) is 0 Å². The quantitative estimate of drug-likeness (QED) is 0.326. The largest absolute Gasteiger partial charge is 0.457 e. The Morgan fingerprint density at radius 2 is 1.71 bits per heavy atom. The average molecular weight is 455 g/mol. The number of oxazole rings is 1. The van der Waals surface area contributed by atoms with Crippen molar-refractivity contribution in [3.8, 4) is 22.8 Å². The predicted octanol–water partition coefficient (Wildman–Crippen LogP) is 6.65. The maximum absolute atomic E-state index is 12.6. The van der Waals surface area contributed by atoms with Gasteiger partial charge in [-0.15, -0.1) is 0 Å². The van der Waals surface area contributed by atoms with Crippen molar-refractivity contribution in [2.75, 3.05) is 13.1 Å². The molecule has 2 heterocycles. The Morgan fingerprint density at radius 1 is 0.971 bits per heavy atom. The summed E-state index contributed by atoms with van der Waals surface area (Å²) in [5.41, 5.74) is 2.54. The fourth-order valence-electron chi connectivity index (χ4n) is 4.14. The number of likely N-dealkylation sites (tertiary alicyclic amines) is 1. The van der Waals surface area contributed by atoms with Crippen LogP contribution in [0.15, 0.2) is 95.6 Å². The Morgan fingerprint density at radius 3 is 2.53 bits per heavy atom. The smallest absolute Gasteiger partial charge is 0.410 e. The molecule has 1 saturated heterocycles. The molecule has 1 aliphatic heterocycles. The summed E-state index contributed by atoms with van der Waals surface area (Å²) >= 11 is 0.